The lowest BCUT2D eigenvalue weighted by atomic mass is 10.3. The first-order valence-electron chi connectivity index (χ1n) is 4.84. The Morgan fingerprint density at radius 3 is 1.39 bits per heavy atom. The van der Waals surface area contributed by atoms with Gasteiger partial charge in [-0.25, -0.2) is 8.42 Å². The zero-order chi connectivity index (χ0) is 12.5. The van der Waals surface area contributed by atoms with Crippen molar-refractivity contribution in [1.29, 1.82) is 0 Å². The minimum atomic E-state index is -3.90. The molecule has 0 aromatic heterocycles. The van der Waals surface area contributed by atoms with Crippen molar-refractivity contribution in [3.8, 4) is 11.5 Å². The second-order valence-corrected chi connectivity index (χ2v) is 5.33. The van der Waals surface area contributed by atoms with Gasteiger partial charge in [0.15, 0.2) is 0 Å². The molecular formula is C12H11FO4S. The van der Waals surface area contributed by atoms with E-state index >= 15 is 0 Å². The Bertz CT molecular complexity index is 601. The van der Waals surface area contributed by atoms with Crippen LogP contribution in [0, 0.1) is 0 Å². The van der Waals surface area contributed by atoms with E-state index in [1.165, 1.54) is 48.5 Å². The number of rotatable bonds is 2. The van der Waals surface area contributed by atoms with Gasteiger partial charge in [0.05, 0.1) is 0 Å². The predicted molar refractivity (Wildman–Crippen MR) is 64.2 cm³/mol. The molecule has 0 fully saturated rings. The SMILES string of the molecule is F.O=S(=O)(c1ccccc1O)c1ccccc1O. The van der Waals surface area contributed by atoms with Crippen LogP contribution in [0.2, 0.25) is 0 Å². The topological polar surface area (TPSA) is 74.6 Å². The first kappa shape index (κ1) is 14.0. The Kier molecular flexibility index (Phi) is 3.93. The van der Waals surface area contributed by atoms with Crippen molar-refractivity contribution in [2.24, 2.45) is 0 Å². The van der Waals surface area contributed by atoms with Gasteiger partial charge in [0.2, 0.25) is 9.84 Å². The molecule has 0 aliphatic heterocycles. The quantitative estimate of drug-likeness (QED) is 0.876. The molecule has 4 nitrogen and oxygen atoms in total. The molecule has 2 rings (SSSR count). The van der Waals surface area contributed by atoms with Gasteiger partial charge in [-0.1, -0.05) is 24.3 Å². The van der Waals surface area contributed by atoms with Crippen LogP contribution in [0.4, 0.5) is 4.70 Å². The molecule has 2 aromatic rings. The van der Waals surface area contributed by atoms with Crippen LogP contribution in [-0.4, -0.2) is 18.6 Å². The first-order chi connectivity index (χ1) is 8.03. The number of phenols is 2. The van der Waals surface area contributed by atoms with Crippen LogP contribution in [0.1, 0.15) is 0 Å². The third-order valence-electron chi connectivity index (χ3n) is 2.31. The summed E-state index contributed by atoms with van der Waals surface area (Å²) in [7, 11) is -3.90. The summed E-state index contributed by atoms with van der Waals surface area (Å²) >= 11 is 0. The van der Waals surface area contributed by atoms with Gasteiger partial charge in [-0.3, -0.25) is 4.70 Å². The lowest BCUT2D eigenvalue weighted by Gasteiger charge is -2.07. The van der Waals surface area contributed by atoms with Crippen LogP contribution in [0.25, 0.3) is 0 Å². The van der Waals surface area contributed by atoms with E-state index < -0.39 is 9.84 Å². The number of hydrogen-bond acceptors (Lipinski definition) is 4. The van der Waals surface area contributed by atoms with Crippen LogP contribution >= 0.6 is 0 Å². The number of hydrogen-bond donors (Lipinski definition) is 2. The molecule has 0 unspecified atom stereocenters. The van der Waals surface area contributed by atoms with Crippen LogP contribution in [0.15, 0.2) is 58.3 Å². The van der Waals surface area contributed by atoms with E-state index in [1.807, 2.05) is 0 Å². The molecule has 0 aliphatic rings. The van der Waals surface area contributed by atoms with Crippen molar-refractivity contribution in [3.63, 3.8) is 0 Å². The maximum atomic E-state index is 12.2. The number of sulfone groups is 1. The highest BCUT2D eigenvalue weighted by Gasteiger charge is 2.23. The molecule has 96 valence electrons. The average Bonchev–Trinajstić information content (AvgIpc) is 2.29. The summed E-state index contributed by atoms with van der Waals surface area (Å²) in [6, 6.07) is 11.2. The number of para-hydroxylation sites is 2. The van der Waals surface area contributed by atoms with Crippen molar-refractivity contribution >= 4 is 9.84 Å². The zero-order valence-corrected chi connectivity index (χ0v) is 9.96. The van der Waals surface area contributed by atoms with Crippen molar-refractivity contribution in [2.75, 3.05) is 0 Å². The summed E-state index contributed by atoms with van der Waals surface area (Å²) < 4.78 is 24.3. The van der Waals surface area contributed by atoms with E-state index in [-0.39, 0.29) is 26.0 Å². The van der Waals surface area contributed by atoms with Gasteiger partial charge in [-0.05, 0) is 24.3 Å². The smallest absolute Gasteiger partial charge is 0.213 e. The molecule has 0 amide bonds. The van der Waals surface area contributed by atoms with Crippen molar-refractivity contribution in [3.05, 3.63) is 48.5 Å². The molecule has 0 heterocycles. The minimum Gasteiger partial charge on any atom is -0.507 e. The molecule has 6 heteroatoms. The molecule has 2 N–H and O–H groups in total. The van der Waals surface area contributed by atoms with Crippen LogP contribution < -0.4 is 0 Å². The number of phenolic OH excluding ortho intramolecular Hbond substituents is 2. The molecule has 0 spiro atoms. The molecular weight excluding hydrogens is 259 g/mol. The van der Waals surface area contributed by atoms with E-state index in [2.05, 4.69) is 0 Å². The molecule has 0 aliphatic carbocycles. The number of aromatic hydroxyl groups is 2. The largest absolute Gasteiger partial charge is 0.507 e. The summed E-state index contributed by atoms with van der Waals surface area (Å²) in [5.41, 5.74) is 0. The molecule has 18 heavy (non-hydrogen) atoms. The Labute approximate surface area is 103 Å². The third kappa shape index (κ3) is 2.28. The summed E-state index contributed by atoms with van der Waals surface area (Å²) in [5, 5.41) is 19.1. The fourth-order valence-electron chi connectivity index (χ4n) is 1.49. The Hall–Kier alpha value is -2.08. The predicted octanol–water partition coefficient (Wildman–Crippen LogP) is 2.08. The number of halogens is 1. The third-order valence-corrected chi connectivity index (χ3v) is 4.16. The van der Waals surface area contributed by atoms with Gasteiger partial charge in [0, 0.05) is 0 Å². The maximum Gasteiger partial charge on any atom is 0.213 e. The van der Waals surface area contributed by atoms with E-state index in [1.54, 1.807) is 0 Å². The van der Waals surface area contributed by atoms with Crippen molar-refractivity contribution in [1.82, 2.24) is 0 Å². The molecule has 0 bridgehead atoms. The standard InChI is InChI=1S/C12H10O4S.FH/c13-9-5-1-3-7-11(9)17(15,16)12-8-4-2-6-10(12)14;/h1-8,13-14H;1H. The fourth-order valence-corrected chi connectivity index (χ4v) is 2.93. The monoisotopic (exact) mass is 270 g/mol. The lowest BCUT2D eigenvalue weighted by molar-refractivity contribution is 0.453. The normalized spacial score (nSPS) is 10.7. The van der Waals surface area contributed by atoms with Crippen molar-refractivity contribution in [2.45, 2.75) is 9.79 Å². The lowest BCUT2D eigenvalue weighted by Crippen LogP contribution is -2.02. The van der Waals surface area contributed by atoms with Crippen LogP contribution in [0.5, 0.6) is 11.5 Å². The second kappa shape index (κ2) is 5.05. The Morgan fingerprint density at radius 1 is 0.722 bits per heavy atom. The Morgan fingerprint density at radius 2 is 1.06 bits per heavy atom. The Balaban J connectivity index is 0.00000162. The highest BCUT2D eigenvalue weighted by molar-refractivity contribution is 7.91. The fraction of sp³-hybridized carbons (Fsp3) is 0. The molecule has 0 saturated carbocycles. The summed E-state index contributed by atoms with van der Waals surface area (Å²) in [6.45, 7) is 0. The van der Waals surface area contributed by atoms with Gasteiger partial charge in [-0.15, -0.1) is 0 Å². The highest BCUT2D eigenvalue weighted by Crippen LogP contribution is 2.32. The van der Waals surface area contributed by atoms with E-state index in [0.29, 0.717) is 0 Å². The van der Waals surface area contributed by atoms with E-state index in [0.717, 1.165) is 0 Å². The highest BCUT2D eigenvalue weighted by atomic mass is 32.2. The maximum absolute atomic E-state index is 12.2. The summed E-state index contributed by atoms with van der Waals surface area (Å²) in [5.74, 6) is -0.675. The average molecular weight is 270 g/mol. The van der Waals surface area contributed by atoms with Gasteiger partial charge in [-0.2, -0.15) is 0 Å². The molecule has 0 atom stereocenters. The van der Waals surface area contributed by atoms with Gasteiger partial charge in [0.1, 0.15) is 21.3 Å². The zero-order valence-electron chi connectivity index (χ0n) is 9.15. The summed E-state index contributed by atoms with van der Waals surface area (Å²) in [4.78, 5) is -0.442. The first-order valence-corrected chi connectivity index (χ1v) is 6.33. The van der Waals surface area contributed by atoms with Gasteiger partial charge < -0.3 is 10.2 Å². The van der Waals surface area contributed by atoms with E-state index in [4.69, 9.17) is 0 Å². The van der Waals surface area contributed by atoms with Gasteiger partial charge in [0.25, 0.3) is 0 Å². The molecule has 0 saturated heterocycles. The van der Waals surface area contributed by atoms with Crippen molar-refractivity contribution < 1.29 is 23.3 Å². The minimum absolute atomic E-state index is 0. The molecule has 0 radical (unpaired) electrons. The summed E-state index contributed by atoms with van der Waals surface area (Å²) in [6.07, 6.45) is 0. The van der Waals surface area contributed by atoms with E-state index in [9.17, 15) is 18.6 Å². The second-order valence-electron chi connectivity index (χ2n) is 3.44. The van der Waals surface area contributed by atoms with Crippen LogP contribution in [-0.2, 0) is 9.84 Å². The van der Waals surface area contributed by atoms with Gasteiger partial charge >= 0.3 is 0 Å². The molecule has 2 aromatic carbocycles. The number of benzene rings is 2. The van der Waals surface area contributed by atoms with Crippen LogP contribution in [0.3, 0.4) is 0 Å².